The summed E-state index contributed by atoms with van der Waals surface area (Å²) in [7, 11) is 0. The van der Waals surface area contributed by atoms with Crippen LogP contribution in [0, 0.1) is 0 Å². The summed E-state index contributed by atoms with van der Waals surface area (Å²) in [5.41, 5.74) is 0. The van der Waals surface area contributed by atoms with E-state index in [9.17, 15) is 4.79 Å². The molecule has 1 atom stereocenters. The minimum absolute atomic E-state index is 0. The lowest BCUT2D eigenvalue weighted by Gasteiger charge is -2.28. The van der Waals surface area contributed by atoms with Crippen molar-refractivity contribution >= 4 is 18.3 Å². The molecule has 1 aromatic rings. The molecule has 1 N–H and O–H groups in total. The van der Waals surface area contributed by atoms with Crippen molar-refractivity contribution in [2.75, 3.05) is 32.8 Å². The number of carbonyl (C=O) groups is 1. The molecular weight excluding hydrogens is 328 g/mol. The first-order valence-corrected chi connectivity index (χ1v) is 8.60. The van der Waals surface area contributed by atoms with Gasteiger partial charge in [0.15, 0.2) is 6.61 Å². The summed E-state index contributed by atoms with van der Waals surface area (Å²) in [5.74, 6) is 1.59. The summed E-state index contributed by atoms with van der Waals surface area (Å²) in [6.45, 7) is 7.63. The average Bonchev–Trinajstić information content (AvgIpc) is 3.10. The molecule has 5 nitrogen and oxygen atoms in total. The van der Waals surface area contributed by atoms with E-state index in [1.54, 1.807) is 0 Å². The third kappa shape index (κ3) is 6.21. The van der Waals surface area contributed by atoms with E-state index in [0.717, 1.165) is 44.6 Å². The fourth-order valence-electron chi connectivity index (χ4n) is 2.74. The Kier molecular flexibility index (Phi) is 9.57. The maximum atomic E-state index is 12.5. The molecule has 136 valence electrons. The first-order valence-electron chi connectivity index (χ1n) is 8.60. The van der Waals surface area contributed by atoms with E-state index >= 15 is 0 Å². The minimum atomic E-state index is 0. The van der Waals surface area contributed by atoms with E-state index in [1.807, 2.05) is 29.2 Å². The van der Waals surface area contributed by atoms with Gasteiger partial charge in [0, 0.05) is 19.1 Å². The van der Waals surface area contributed by atoms with Crippen LogP contribution in [0.2, 0.25) is 0 Å². The van der Waals surface area contributed by atoms with Gasteiger partial charge in [-0.1, -0.05) is 13.8 Å². The normalized spacial score (nSPS) is 16.3. The summed E-state index contributed by atoms with van der Waals surface area (Å²) >= 11 is 0. The van der Waals surface area contributed by atoms with E-state index in [1.165, 1.54) is 0 Å². The Balaban J connectivity index is 0.00000288. The highest BCUT2D eigenvalue weighted by molar-refractivity contribution is 5.85. The lowest BCUT2D eigenvalue weighted by atomic mass is 10.2. The van der Waals surface area contributed by atoms with Gasteiger partial charge >= 0.3 is 0 Å². The Morgan fingerprint density at radius 1 is 1.17 bits per heavy atom. The molecule has 6 heteroatoms. The monoisotopic (exact) mass is 356 g/mol. The van der Waals surface area contributed by atoms with Crippen LogP contribution in [-0.4, -0.2) is 49.7 Å². The predicted molar refractivity (Wildman–Crippen MR) is 98.2 cm³/mol. The Bertz CT molecular complexity index is 476. The second-order valence-electron chi connectivity index (χ2n) is 5.84. The van der Waals surface area contributed by atoms with Crippen LogP contribution in [0.3, 0.4) is 0 Å². The Morgan fingerprint density at radius 2 is 1.83 bits per heavy atom. The number of benzene rings is 1. The van der Waals surface area contributed by atoms with Gasteiger partial charge in [-0.3, -0.25) is 4.79 Å². The minimum Gasteiger partial charge on any atom is -0.494 e. The smallest absolute Gasteiger partial charge is 0.260 e. The van der Waals surface area contributed by atoms with Crippen molar-refractivity contribution in [2.24, 2.45) is 0 Å². The number of carbonyl (C=O) groups excluding carboxylic acids is 1. The van der Waals surface area contributed by atoms with Gasteiger partial charge < -0.3 is 19.7 Å². The first kappa shape index (κ1) is 20.6. The molecule has 1 unspecified atom stereocenters. The fourth-order valence-corrected chi connectivity index (χ4v) is 2.74. The molecule has 0 saturated carbocycles. The molecule has 1 aliphatic heterocycles. The third-order valence-corrected chi connectivity index (χ3v) is 3.92. The summed E-state index contributed by atoms with van der Waals surface area (Å²) < 4.78 is 11.2. The van der Waals surface area contributed by atoms with E-state index in [-0.39, 0.29) is 24.9 Å². The highest BCUT2D eigenvalue weighted by atomic mass is 35.5. The quantitative estimate of drug-likeness (QED) is 0.739. The molecule has 24 heavy (non-hydrogen) atoms. The second kappa shape index (κ2) is 11.2. The molecule has 0 spiro atoms. The average molecular weight is 357 g/mol. The lowest BCUT2D eigenvalue weighted by molar-refractivity contribution is -0.135. The number of nitrogens with zero attached hydrogens (tertiary/aromatic N) is 1. The molecule has 0 bridgehead atoms. The summed E-state index contributed by atoms with van der Waals surface area (Å²) in [6, 6.07) is 7.75. The molecule has 0 aliphatic carbocycles. The standard InChI is InChI=1S/C18H28N2O3.ClH/c1-3-11-20(15-9-10-19-13-15)18(21)14-23-17-7-5-16(6-8-17)22-12-4-2;/h5-8,15,19H,3-4,9-14H2,1-2H3;1H. The van der Waals surface area contributed by atoms with E-state index < -0.39 is 0 Å². The lowest BCUT2D eigenvalue weighted by Crippen LogP contribution is -2.44. The number of ether oxygens (including phenoxy) is 2. The number of halogens is 1. The van der Waals surface area contributed by atoms with Gasteiger partial charge in [0.25, 0.3) is 5.91 Å². The Labute approximate surface area is 151 Å². The maximum absolute atomic E-state index is 12.5. The second-order valence-corrected chi connectivity index (χ2v) is 5.84. The van der Waals surface area contributed by atoms with Gasteiger partial charge in [-0.2, -0.15) is 0 Å². The van der Waals surface area contributed by atoms with Crippen molar-refractivity contribution in [1.82, 2.24) is 10.2 Å². The number of hydrogen-bond acceptors (Lipinski definition) is 4. The first-order chi connectivity index (χ1) is 11.2. The van der Waals surface area contributed by atoms with Crippen LogP contribution < -0.4 is 14.8 Å². The van der Waals surface area contributed by atoms with Gasteiger partial charge in [-0.05, 0) is 50.1 Å². The predicted octanol–water partition coefficient (Wildman–Crippen LogP) is 2.88. The summed E-state index contributed by atoms with van der Waals surface area (Å²) in [6.07, 6.45) is 2.97. The van der Waals surface area contributed by atoms with E-state index in [2.05, 4.69) is 19.2 Å². The van der Waals surface area contributed by atoms with E-state index in [4.69, 9.17) is 9.47 Å². The Morgan fingerprint density at radius 3 is 2.38 bits per heavy atom. The highest BCUT2D eigenvalue weighted by Crippen LogP contribution is 2.18. The molecular formula is C18H29ClN2O3. The topological polar surface area (TPSA) is 50.8 Å². The van der Waals surface area contributed by atoms with Crippen LogP contribution >= 0.6 is 12.4 Å². The highest BCUT2D eigenvalue weighted by Gasteiger charge is 2.25. The van der Waals surface area contributed by atoms with Crippen LogP contribution in [-0.2, 0) is 4.79 Å². The fraction of sp³-hybridized carbons (Fsp3) is 0.611. The van der Waals surface area contributed by atoms with Crippen LogP contribution in [0.4, 0.5) is 0 Å². The number of nitrogens with one attached hydrogen (secondary N) is 1. The molecule has 1 aliphatic rings. The van der Waals surface area contributed by atoms with Gasteiger partial charge in [-0.15, -0.1) is 12.4 Å². The molecule has 1 aromatic carbocycles. The molecule has 1 heterocycles. The van der Waals surface area contributed by atoms with Gasteiger partial charge in [0.05, 0.1) is 6.61 Å². The van der Waals surface area contributed by atoms with Crippen molar-refractivity contribution in [3.8, 4) is 11.5 Å². The molecule has 1 fully saturated rings. The van der Waals surface area contributed by atoms with Crippen LogP contribution in [0.15, 0.2) is 24.3 Å². The van der Waals surface area contributed by atoms with Crippen LogP contribution in [0.25, 0.3) is 0 Å². The summed E-state index contributed by atoms with van der Waals surface area (Å²) in [5, 5.41) is 3.31. The zero-order chi connectivity index (χ0) is 16.5. The largest absolute Gasteiger partial charge is 0.494 e. The molecule has 1 amide bonds. The van der Waals surface area contributed by atoms with Gasteiger partial charge in [0.1, 0.15) is 11.5 Å². The number of rotatable bonds is 9. The molecule has 1 saturated heterocycles. The van der Waals surface area contributed by atoms with Crippen molar-refractivity contribution < 1.29 is 14.3 Å². The van der Waals surface area contributed by atoms with Crippen molar-refractivity contribution in [3.63, 3.8) is 0 Å². The van der Waals surface area contributed by atoms with Gasteiger partial charge in [0.2, 0.25) is 0 Å². The van der Waals surface area contributed by atoms with Crippen LogP contribution in [0.1, 0.15) is 33.1 Å². The van der Waals surface area contributed by atoms with Crippen molar-refractivity contribution in [3.05, 3.63) is 24.3 Å². The molecule has 0 aromatic heterocycles. The van der Waals surface area contributed by atoms with Crippen molar-refractivity contribution in [2.45, 2.75) is 39.2 Å². The maximum Gasteiger partial charge on any atom is 0.260 e. The summed E-state index contributed by atoms with van der Waals surface area (Å²) in [4.78, 5) is 14.4. The SMILES string of the molecule is CCCOc1ccc(OCC(=O)N(CCC)C2CCNC2)cc1.Cl. The zero-order valence-corrected chi connectivity index (χ0v) is 15.4. The number of hydrogen-bond donors (Lipinski definition) is 1. The third-order valence-electron chi connectivity index (χ3n) is 3.92. The Hall–Kier alpha value is -1.46. The molecule has 0 radical (unpaired) electrons. The number of amides is 1. The van der Waals surface area contributed by atoms with Gasteiger partial charge in [-0.25, -0.2) is 0 Å². The van der Waals surface area contributed by atoms with E-state index in [0.29, 0.717) is 18.4 Å². The van der Waals surface area contributed by atoms with Crippen LogP contribution in [0.5, 0.6) is 11.5 Å². The zero-order valence-electron chi connectivity index (χ0n) is 14.6. The van der Waals surface area contributed by atoms with Crippen molar-refractivity contribution in [1.29, 1.82) is 0 Å². The molecule has 2 rings (SSSR count).